The van der Waals surface area contributed by atoms with Crippen LogP contribution in [0.15, 0.2) is 17.0 Å². The molecule has 0 unspecified atom stereocenters. The second-order valence-electron chi connectivity index (χ2n) is 9.29. The van der Waals surface area contributed by atoms with Crippen LogP contribution in [0.1, 0.15) is 55.5 Å². The van der Waals surface area contributed by atoms with Gasteiger partial charge >= 0.3 is 0 Å². The number of rotatable bonds is 3. The van der Waals surface area contributed by atoms with Gasteiger partial charge in [0.2, 0.25) is 0 Å². The van der Waals surface area contributed by atoms with Gasteiger partial charge in [0.1, 0.15) is 4.90 Å². The van der Waals surface area contributed by atoms with Gasteiger partial charge in [0, 0.05) is 5.56 Å². The summed E-state index contributed by atoms with van der Waals surface area (Å²) in [6.45, 7) is 3.81. The topological polar surface area (TPSA) is 52.0 Å². The third kappa shape index (κ3) is 2.99. The van der Waals surface area contributed by atoms with Crippen LogP contribution in [0.3, 0.4) is 0 Å². The van der Waals surface area contributed by atoms with E-state index in [1.807, 2.05) is 13.8 Å². The summed E-state index contributed by atoms with van der Waals surface area (Å²) < 4.78 is 28.0. The molecule has 0 N–H and O–H groups in total. The van der Waals surface area contributed by atoms with Gasteiger partial charge in [0.05, 0.1) is 26.5 Å². The standard InChI is InChI=1S/C21H23Cl3N2O2S/c1-11-20(21-8-13-3-14(9-21)5-15(4-13)10-21)12(2)26(25-11)29(27,28)19-7-17(23)16(22)6-18(19)24/h6-7,13-15H,3-5,8-10H2,1-2H3. The van der Waals surface area contributed by atoms with E-state index >= 15 is 0 Å². The van der Waals surface area contributed by atoms with Crippen LogP contribution in [0, 0.1) is 31.6 Å². The molecule has 0 radical (unpaired) electrons. The van der Waals surface area contributed by atoms with Gasteiger partial charge in [0.25, 0.3) is 10.0 Å². The number of halogens is 3. The van der Waals surface area contributed by atoms with E-state index in [1.54, 1.807) is 0 Å². The van der Waals surface area contributed by atoms with Crippen LogP contribution < -0.4 is 0 Å². The summed E-state index contributed by atoms with van der Waals surface area (Å²) >= 11 is 18.3. The van der Waals surface area contributed by atoms with Gasteiger partial charge in [-0.3, -0.25) is 0 Å². The molecule has 8 heteroatoms. The van der Waals surface area contributed by atoms with Crippen molar-refractivity contribution >= 4 is 44.8 Å². The lowest BCUT2D eigenvalue weighted by Crippen LogP contribution is -2.49. The van der Waals surface area contributed by atoms with Gasteiger partial charge in [-0.1, -0.05) is 34.8 Å². The Bertz CT molecular complexity index is 1090. The summed E-state index contributed by atoms with van der Waals surface area (Å²) in [5.74, 6) is 2.30. The second kappa shape index (κ2) is 6.62. The molecule has 6 rings (SSSR count). The zero-order valence-corrected chi connectivity index (χ0v) is 19.5. The second-order valence-corrected chi connectivity index (χ2v) is 12.2. The number of benzene rings is 1. The van der Waals surface area contributed by atoms with Crippen molar-refractivity contribution in [2.24, 2.45) is 17.8 Å². The zero-order valence-electron chi connectivity index (χ0n) is 16.4. The Labute approximate surface area is 186 Å². The lowest BCUT2D eigenvalue weighted by molar-refractivity contribution is -0.00574. The molecule has 1 aromatic heterocycles. The lowest BCUT2D eigenvalue weighted by atomic mass is 9.48. The lowest BCUT2D eigenvalue weighted by Gasteiger charge is -2.57. The normalized spacial score (nSPS) is 30.9. The Morgan fingerprint density at radius 3 is 2.00 bits per heavy atom. The Kier molecular flexibility index (Phi) is 4.61. The average Bonchev–Trinajstić information content (AvgIpc) is 2.92. The summed E-state index contributed by atoms with van der Waals surface area (Å²) in [5, 5.41) is 4.92. The minimum absolute atomic E-state index is 0.0447. The summed E-state index contributed by atoms with van der Waals surface area (Å²) in [7, 11) is -3.98. The zero-order chi connectivity index (χ0) is 20.7. The molecule has 4 aliphatic rings. The highest BCUT2D eigenvalue weighted by Crippen LogP contribution is 2.61. The molecule has 4 fully saturated rings. The molecule has 0 aliphatic heterocycles. The summed E-state index contributed by atoms with van der Waals surface area (Å²) in [6.07, 6.45) is 7.47. The maximum Gasteiger partial charge on any atom is 0.284 e. The first-order chi connectivity index (χ1) is 13.6. The maximum atomic E-state index is 13.4. The van der Waals surface area contributed by atoms with Crippen molar-refractivity contribution < 1.29 is 8.42 Å². The number of hydrogen-bond donors (Lipinski definition) is 0. The number of aryl methyl sites for hydroxylation is 1. The molecular formula is C21H23Cl3N2O2S. The molecule has 4 aliphatic carbocycles. The molecule has 4 saturated carbocycles. The fraction of sp³-hybridized carbons (Fsp3) is 0.571. The summed E-state index contributed by atoms with van der Waals surface area (Å²) in [6, 6.07) is 2.67. The monoisotopic (exact) mass is 472 g/mol. The smallest absolute Gasteiger partial charge is 0.199 e. The van der Waals surface area contributed by atoms with Crippen LogP contribution in [0.4, 0.5) is 0 Å². The van der Waals surface area contributed by atoms with Crippen molar-refractivity contribution in [2.75, 3.05) is 0 Å². The molecule has 0 spiro atoms. The highest BCUT2D eigenvalue weighted by Gasteiger charge is 2.53. The van der Waals surface area contributed by atoms with Crippen molar-refractivity contribution in [1.82, 2.24) is 9.19 Å². The van der Waals surface area contributed by atoms with Crippen LogP contribution in [0.5, 0.6) is 0 Å². The Hall–Kier alpha value is -0.750. The molecule has 156 valence electrons. The van der Waals surface area contributed by atoms with E-state index in [2.05, 4.69) is 5.10 Å². The van der Waals surface area contributed by atoms with E-state index in [1.165, 1.54) is 31.4 Å². The van der Waals surface area contributed by atoms with Crippen LogP contribution in [0.25, 0.3) is 0 Å². The quantitative estimate of drug-likeness (QED) is 0.501. The molecule has 4 nitrogen and oxygen atoms in total. The minimum Gasteiger partial charge on any atom is -0.199 e. The van der Waals surface area contributed by atoms with Crippen molar-refractivity contribution in [3.8, 4) is 0 Å². The summed E-state index contributed by atoms with van der Waals surface area (Å²) in [5.41, 5.74) is 2.71. The highest BCUT2D eigenvalue weighted by atomic mass is 35.5. The van der Waals surface area contributed by atoms with E-state index in [0.717, 1.165) is 52.4 Å². The number of nitrogens with zero attached hydrogens (tertiary/aromatic N) is 2. The third-order valence-electron chi connectivity index (χ3n) is 7.30. The molecule has 0 amide bonds. The van der Waals surface area contributed by atoms with Crippen LogP contribution in [-0.2, 0) is 15.4 Å². The van der Waals surface area contributed by atoms with Crippen LogP contribution >= 0.6 is 34.8 Å². The molecule has 1 heterocycles. The highest BCUT2D eigenvalue weighted by molar-refractivity contribution is 7.90. The van der Waals surface area contributed by atoms with Crippen molar-refractivity contribution in [3.05, 3.63) is 44.2 Å². The predicted molar refractivity (Wildman–Crippen MR) is 116 cm³/mol. The van der Waals surface area contributed by atoms with Gasteiger partial charge < -0.3 is 0 Å². The Balaban J connectivity index is 1.64. The fourth-order valence-electron chi connectivity index (χ4n) is 6.83. The minimum atomic E-state index is -3.98. The molecule has 0 atom stereocenters. The van der Waals surface area contributed by atoms with Crippen LogP contribution in [0.2, 0.25) is 15.1 Å². The van der Waals surface area contributed by atoms with E-state index in [-0.39, 0.29) is 25.4 Å². The molecule has 0 saturated heterocycles. The molecule has 4 bridgehead atoms. The molecule has 29 heavy (non-hydrogen) atoms. The first-order valence-electron chi connectivity index (χ1n) is 10.1. The van der Waals surface area contributed by atoms with E-state index in [0.29, 0.717) is 5.69 Å². The Morgan fingerprint density at radius 1 is 0.931 bits per heavy atom. The van der Waals surface area contributed by atoms with E-state index < -0.39 is 10.0 Å². The van der Waals surface area contributed by atoms with Gasteiger partial charge in [-0.2, -0.15) is 17.6 Å². The number of hydrogen-bond acceptors (Lipinski definition) is 3. The largest absolute Gasteiger partial charge is 0.284 e. The van der Waals surface area contributed by atoms with Crippen molar-refractivity contribution in [1.29, 1.82) is 0 Å². The van der Waals surface area contributed by atoms with Crippen molar-refractivity contribution in [3.63, 3.8) is 0 Å². The maximum absolute atomic E-state index is 13.4. The molecule has 2 aromatic rings. The SMILES string of the molecule is Cc1nn(S(=O)(=O)c2cc(Cl)c(Cl)cc2Cl)c(C)c1C12CC3CC(CC(C3)C1)C2. The van der Waals surface area contributed by atoms with E-state index in [9.17, 15) is 8.42 Å². The fourth-order valence-corrected chi connectivity index (χ4v) is 9.18. The van der Waals surface area contributed by atoms with E-state index in [4.69, 9.17) is 34.8 Å². The van der Waals surface area contributed by atoms with Crippen LogP contribution in [-0.4, -0.2) is 17.6 Å². The average molecular weight is 474 g/mol. The van der Waals surface area contributed by atoms with Crippen molar-refractivity contribution in [2.45, 2.75) is 62.7 Å². The van der Waals surface area contributed by atoms with Gasteiger partial charge in [-0.25, -0.2) is 0 Å². The Morgan fingerprint density at radius 2 is 1.45 bits per heavy atom. The molecular weight excluding hydrogens is 451 g/mol. The first kappa shape index (κ1) is 20.2. The van der Waals surface area contributed by atoms with Gasteiger partial charge in [-0.05, 0) is 87.7 Å². The third-order valence-corrected chi connectivity index (χ3v) is 10.2. The van der Waals surface area contributed by atoms with Gasteiger partial charge in [0.15, 0.2) is 0 Å². The predicted octanol–water partition coefficient (Wildman–Crippen LogP) is 6.16. The molecule has 1 aromatic carbocycles. The first-order valence-corrected chi connectivity index (χ1v) is 12.6. The summed E-state index contributed by atoms with van der Waals surface area (Å²) in [4.78, 5) is -0.0729. The van der Waals surface area contributed by atoms with Gasteiger partial charge in [-0.15, -0.1) is 0 Å². The number of aromatic nitrogens is 2.